The van der Waals surface area contributed by atoms with Crippen molar-refractivity contribution in [1.82, 2.24) is 9.80 Å². The monoisotopic (exact) mass is 471 g/mol. The second-order valence-corrected chi connectivity index (χ2v) is 9.52. The van der Waals surface area contributed by atoms with Crippen molar-refractivity contribution < 1.29 is 19.1 Å². The zero-order valence-corrected chi connectivity index (χ0v) is 20.1. The van der Waals surface area contributed by atoms with E-state index in [9.17, 15) is 14.4 Å². The number of nitrogens with one attached hydrogen (secondary N) is 1. The zero-order chi connectivity index (χ0) is 23.2. The number of hydrogen-bond donors (Lipinski definition) is 1. The number of halogens is 2. The Labute approximate surface area is 194 Å². The first-order valence-corrected chi connectivity index (χ1v) is 11.3. The van der Waals surface area contributed by atoms with Crippen LogP contribution in [0, 0.1) is 5.92 Å². The molecule has 2 rings (SSSR count). The second-order valence-electron chi connectivity index (χ2n) is 8.67. The molecule has 172 valence electrons. The van der Waals surface area contributed by atoms with Gasteiger partial charge in [-0.1, -0.05) is 30.1 Å². The Balaban J connectivity index is 1.93. The molecule has 7 nitrogen and oxygen atoms in total. The van der Waals surface area contributed by atoms with Gasteiger partial charge in [0.05, 0.1) is 17.3 Å². The highest BCUT2D eigenvalue weighted by Crippen LogP contribution is 2.26. The van der Waals surface area contributed by atoms with Crippen molar-refractivity contribution in [2.75, 3.05) is 31.5 Å². The summed E-state index contributed by atoms with van der Waals surface area (Å²) < 4.78 is 5.40. The molecule has 0 radical (unpaired) electrons. The van der Waals surface area contributed by atoms with E-state index in [0.29, 0.717) is 48.2 Å². The smallest absolute Gasteiger partial charge is 0.410 e. The summed E-state index contributed by atoms with van der Waals surface area (Å²) in [6, 6.07) is 4.81. The second kappa shape index (κ2) is 11.0. The number of carbonyl (C=O) groups is 3. The molecule has 1 aromatic carbocycles. The molecule has 1 aliphatic rings. The van der Waals surface area contributed by atoms with Crippen molar-refractivity contribution >= 4 is 46.8 Å². The van der Waals surface area contributed by atoms with Crippen molar-refractivity contribution in [1.29, 1.82) is 0 Å². The lowest BCUT2D eigenvalue weighted by Gasteiger charge is -2.35. The molecular formula is C22H31Cl2N3O4. The number of hydrogen-bond acceptors (Lipinski definition) is 4. The van der Waals surface area contributed by atoms with Crippen LogP contribution in [-0.2, 0) is 14.3 Å². The molecule has 1 aromatic rings. The van der Waals surface area contributed by atoms with Crippen molar-refractivity contribution in [3.8, 4) is 0 Å². The van der Waals surface area contributed by atoms with Gasteiger partial charge in [-0.3, -0.25) is 9.59 Å². The molecule has 1 N–H and O–H groups in total. The summed E-state index contributed by atoms with van der Waals surface area (Å²) in [7, 11) is 0. The molecule has 9 heteroatoms. The molecule has 3 amide bonds. The fourth-order valence-corrected chi connectivity index (χ4v) is 3.84. The number of nitrogens with zero attached hydrogens (tertiary/aromatic N) is 2. The predicted molar refractivity (Wildman–Crippen MR) is 122 cm³/mol. The van der Waals surface area contributed by atoms with Gasteiger partial charge in [-0.2, -0.15) is 0 Å². The van der Waals surface area contributed by atoms with Gasteiger partial charge < -0.3 is 19.9 Å². The fraction of sp³-hybridized carbons (Fsp3) is 0.591. The van der Waals surface area contributed by atoms with E-state index in [-0.39, 0.29) is 30.4 Å². The van der Waals surface area contributed by atoms with E-state index in [0.717, 1.165) is 6.42 Å². The normalized spacial score (nSPS) is 14.8. The molecule has 0 aliphatic carbocycles. The first kappa shape index (κ1) is 25.3. The number of carbonyl (C=O) groups excluding carboxylic acids is 3. The maximum atomic E-state index is 13.1. The van der Waals surface area contributed by atoms with E-state index in [1.165, 1.54) is 0 Å². The number of rotatable bonds is 6. The third-order valence-corrected chi connectivity index (χ3v) is 5.39. The van der Waals surface area contributed by atoms with Gasteiger partial charge in [0.25, 0.3) is 0 Å². The van der Waals surface area contributed by atoms with Crippen LogP contribution in [0.4, 0.5) is 10.5 Å². The third-order valence-electron chi connectivity index (χ3n) is 4.84. The molecule has 31 heavy (non-hydrogen) atoms. The Bertz CT molecular complexity index is 802. The Kier molecular flexibility index (Phi) is 9.01. The summed E-state index contributed by atoms with van der Waals surface area (Å²) in [5, 5.41) is 3.55. The maximum absolute atomic E-state index is 13.1. The van der Waals surface area contributed by atoms with E-state index in [4.69, 9.17) is 27.9 Å². The minimum Gasteiger partial charge on any atom is -0.444 e. The minimum absolute atomic E-state index is 0.0576. The van der Waals surface area contributed by atoms with E-state index in [1.807, 2.05) is 27.7 Å². The molecule has 0 atom stereocenters. The molecule has 1 aliphatic heterocycles. The van der Waals surface area contributed by atoms with Gasteiger partial charge in [-0.15, -0.1) is 0 Å². The van der Waals surface area contributed by atoms with E-state index in [2.05, 4.69) is 5.32 Å². The lowest BCUT2D eigenvalue weighted by Crippen LogP contribution is -2.47. The van der Waals surface area contributed by atoms with Crippen molar-refractivity contribution in [2.24, 2.45) is 5.92 Å². The largest absolute Gasteiger partial charge is 0.444 e. The Morgan fingerprint density at radius 3 is 2.39 bits per heavy atom. The molecule has 0 bridgehead atoms. The zero-order valence-electron chi connectivity index (χ0n) is 18.5. The van der Waals surface area contributed by atoms with Gasteiger partial charge in [0.1, 0.15) is 5.60 Å². The van der Waals surface area contributed by atoms with Gasteiger partial charge in [-0.25, -0.2) is 4.79 Å². The van der Waals surface area contributed by atoms with E-state index >= 15 is 0 Å². The first-order valence-electron chi connectivity index (χ1n) is 10.5. The molecule has 0 aromatic heterocycles. The van der Waals surface area contributed by atoms with Crippen LogP contribution in [0.2, 0.25) is 10.0 Å². The van der Waals surface area contributed by atoms with Gasteiger partial charge in [-0.05, 0) is 58.2 Å². The van der Waals surface area contributed by atoms with Crippen LogP contribution in [0.1, 0.15) is 47.0 Å². The highest BCUT2D eigenvalue weighted by molar-refractivity contribution is 6.36. The van der Waals surface area contributed by atoms with Crippen LogP contribution < -0.4 is 5.32 Å². The maximum Gasteiger partial charge on any atom is 0.410 e. The Morgan fingerprint density at radius 2 is 1.84 bits per heavy atom. The number of piperidine rings is 1. The summed E-state index contributed by atoms with van der Waals surface area (Å²) >= 11 is 12.0. The number of benzene rings is 1. The Morgan fingerprint density at radius 1 is 1.19 bits per heavy atom. The number of amides is 3. The molecular weight excluding hydrogens is 441 g/mol. The average Bonchev–Trinajstić information content (AvgIpc) is 2.68. The van der Waals surface area contributed by atoms with Crippen molar-refractivity contribution in [2.45, 2.75) is 52.6 Å². The lowest BCUT2D eigenvalue weighted by molar-refractivity contribution is -0.139. The first-order chi connectivity index (χ1) is 14.5. The SMILES string of the molecule is CCCN(CC(=O)Nc1ccc(Cl)cc1Cl)C(=O)C1CCN(C(=O)OC(C)(C)C)CC1. The van der Waals surface area contributed by atoms with Crippen molar-refractivity contribution in [3.63, 3.8) is 0 Å². The molecule has 1 saturated heterocycles. The predicted octanol–water partition coefficient (Wildman–Crippen LogP) is 4.82. The minimum atomic E-state index is -0.554. The Hall–Kier alpha value is -1.99. The summed E-state index contributed by atoms with van der Waals surface area (Å²) in [6.07, 6.45) is 1.46. The van der Waals surface area contributed by atoms with Gasteiger partial charge in [0.2, 0.25) is 11.8 Å². The average molecular weight is 472 g/mol. The third kappa shape index (κ3) is 7.89. The van der Waals surface area contributed by atoms with E-state index in [1.54, 1.807) is 28.0 Å². The molecule has 1 heterocycles. The van der Waals surface area contributed by atoms with Crippen LogP contribution in [0.25, 0.3) is 0 Å². The van der Waals surface area contributed by atoms with Crippen LogP contribution in [0.3, 0.4) is 0 Å². The summed E-state index contributed by atoms with van der Waals surface area (Å²) in [6.45, 7) is 8.77. The summed E-state index contributed by atoms with van der Waals surface area (Å²) in [5.41, 5.74) is -0.104. The highest BCUT2D eigenvalue weighted by atomic mass is 35.5. The molecule has 0 spiro atoms. The highest BCUT2D eigenvalue weighted by Gasteiger charge is 2.32. The van der Waals surface area contributed by atoms with Crippen LogP contribution in [0.15, 0.2) is 18.2 Å². The van der Waals surface area contributed by atoms with Crippen LogP contribution in [-0.4, -0.2) is 59.5 Å². The van der Waals surface area contributed by atoms with Gasteiger partial charge in [0.15, 0.2) is 0 Å². The molecule has 0 saturated carbocycles. The number of ether oxygens (including phenoxy) is 1. The molecule has 0 unspecified atom stereocenters. The number of likely N-dealkylation sites (tertiary alicyclic amines) is 1. The van der Waals surface area contributed by atoms with Crippen LogP contribution in [0.5, 0.6) is 0 Å². The van der Waals surface area contributed by atoms with Gasteiger partial charge >= 0.3 is 6.09 Å². The number of anilines is 1. The standard InChI is InChI=1S/C22H31Cl2N3O4/c1-5-10-27(14-19(28)25-18-7-6-16(23)13-17(18)24)20(29)15-8-11-26(12-9-15)21(30)31-22(2,3)4/h6-7,13,15H,5,8-12,14H2,1-4H3,(H,25,28). The summed E-state index contributed by atoms with van der Waals surface area (Å²) in [4.78, 5) is 41.0. The fourth-order valence-electron chi connectivity index (χ4n) is 3.38. The lowest BCUT2D eigenvalue weighted by atomic mass is 9.95. The topological polar surface area (TPSA) is 79.0 Å². The molecule has 1 fully saturated rings. The van der Waals surface area contributed by atoms with Crippen molar-refractivity contribution in [3.05, 3.63) is 28.2 Å². The van der Waals surface area contributed by atoms with E-state index < -0.39 is 5.60 Å². The van der Waals surface area contributed by atoms with Crippen LogP contribution >= 0.6 is 23.2 Å². The summed E-state index contributed by atoms with van der Waals surface area (Å²) in [5.74, 6) is -0.614. The van der Waals surface area contributed by atoms with Gasteiger partial charge in [0, 0.05) is 30.6 Å². The quantitative estimate of drug-likeness (QED) is 0.644.